The van der Waals surface area contributed by atoms with Crippen LogP contribution in [0.4, 0.5) is 20.2 Å². The van der Waals surface area contributed by atoms with Gasteiger partial charge >= 0.3 is 0 Å². The maximum absolute atomic E-state index is 13.9. The first kappa shape index (κ1) is 27.2. The number of carbonyl (C=O) groups is 2. The van der Waals surface area contributed by atoms with Gasteiger partial charge in [-0.3, -0.25) is 28.8 Å². The van der Waals surface area contributed by atoms with Gasteiger partial charge in [0.1, 0.15) is 42.9 Å². The Hall–Kier alpha value is -3.87. The molecular formula is C25H23ClF2N4O6. The van der Waals surface area contributed by atoms with Crippen LogP contribution in [0, 0.1) is 18.6 Å². The average molecular weight is 549 g/mol. The van der Waals surface area contributed by atoms with Crippen molar-refractivity contribution in [2.75, 3.05) is 23.1 Å². The predicted octanol–water partition coefficient (Wildman–Crippen LogP) is 2.45. The van der Waals surface area contributed by atoms with Crippen molar-refractivity contribution < 1.29 is 33.3 Å². The van der Waals surface area contributed by atoms with Crippen molar-refractivity contribution in [1.82, 2.24) is 9.55 Å². The summed E-state index contributed by atoms with van der Waals surface area (Å²) < 4.78 is 33.7. The Balaban J connectivity index is 1.73. The molecule has 3 aromatic rings. The molecule has 10 nitrogen and oxygen atoms in total. The average Bonchev–Trinajstić information content (AvgIpc) is 3.23. The number of aliphatic hydroxyl groups excluding tert-OH is 1. The Morgan fingerprint density at radius 2 is 1.84 bits per heavy atom. The Morgan fingerprint density at radius 3 is 2.47 bits per heavy atom. The number of rotatable bonds is 6. The molecule has 2 amide bonds. The van der Waals surface area contributed by atoms with Crippen molar-refractivity contribution in [3.63, 3.8) is 0 Å². The van der Waals surface area contributed by atoms with Crippen LogP contribution >= 0.6 is 11.6 Å². The van der Waals surface area contributed by atoms with Crippen molar-refractivity contribution in [3.8, 4) is 11.6 Å². The van der Waals surface area contributed by atoms with Crippen molar-refractivity contribution in [1.29, 1.82) is 0 Å². The standard InChI is InChI=1S/C25H23ClF2N4O6/c1-13-29-22(38-11-14-4-5-15(27)8-17(14)28)21(26)23(35)32(13)16-6-7-18-19(9-16)31(24(36)25(2,3)37)12-30(18)20(34)10-33/h4-9,33,37H,10-12H2,1-3H3. The third kappa shape index (κ3) is 4.97. The molecule has 0 saturated carbocycles. The highest BCUT2D eigenvalue weighted by Crippen LogP contribution is 2.39. The van der Waals surface area contributed by atoms with Crippen molar-refractivity contribution >= 4 is 34.8 Å². The van der Waals surface area contributed by atoms with Crippen LogP contribution in [-0.4, -0.2) is 50.5 Å². The van der Waals surface area contributed by atoms with E-state index in [0.29, 0.717) is 6.07 Å². The number of nitrogens with zero attached hydrogens (tertiary/aromatic N) is 4. The molecular weight excluding hydrogens is 526 g/mol. The van der Waals surface area contributed by atoms with Gasteiger partial charge in [-0.25, -0.2) is 8.78 Å². The normalized spacial score (nSPS) is 13.1. The molecule has 2 aromatic carbocycles. The molecule has 2 N–H and O–H groups in total. The first-order valence-corrected chi connectivity index (χ1v) is 11.7. The lowest BCUT2D eigenvalue weighted by Gasteiger charge is -2.25. The fraction of sp³-hybridized carbons (Fsp3) is 0.280. The number of hydrogen-bond acceptors (Lipinski definition) is 7. The zero-order valence-corrected chi connectivity index (χ0v) is 21.3. The lowest BCUT2D eigenvalue weighted by Crippen LogP contribution is -2.48. The Kier molecular flexibility index (Phi) is 7.24. The van der Waals surface area contributed by atoms with Crippen LogP contribution in [0.5, 0.6) is 5.88 Å². The van der Waals surface area contributed by atoms with Gasteiger partial charge < -0.3 is 14.9 Å². The molecule has 1 aliphatic heterocycles. The van der Waals surface area contributed by atoms with E-state index < -0.39 is 46.2 Å². The smallest absolute Gasteiger partial charge is 0.280 e. The maximum atomic E-state index is 13.9. The summed E-state index contributed by atoms with van der Waals surface area (Å²) in [5.41, 5.74) is -1.73. The number of halogens is 3. The second-order valence-electron chi connectivity index (χ2n) is 9.03. The Bertz CT molecular complexity index is 1500. The van der Waals surface area contributed by atoms with E-state index in [1.165, 1.54) is 49.9 Å². The molecule has 0 bridgehead atoms. The van der Waals surface area contributed by atoms with E-state index in [4.69, 9.17) is 16.3 Å². The van der Waals surface area contributed by atoms with E-state index in [9.17, 15) is 33.4 Å². The molecule has 38 heavy (non-hydrogen) atoms. The quantitative estimate of drug-likeness (QED) is 0.485. The minimum absolute atomic E-state index is 0.0308. The van der Waals surface area contributed by atoms with Gasteiger partial charge in [-0.15, -0.1) is 0 Å². The highest BCUT2D eigenvalue weighted by molar-refractivity contribution is 6.31. The number of aliphatic hydroxyl groups is 2. The maximum Gasteiger partial charge on any atom is 0.280 e. The van der Waals surface area contributed by atoms with E-state index in [2.05, 4.69) is 4.98 Å². The molecule has 1 aliphatic rings. The van der Waals surface area contributed by atoms with Crippen LogP contribution in [0.3, 0.4) is 0 Å². The first-order chi connectivity index (χ1) is 17.8. The molecule has 0 saturated heterocycles. The molecule has 0 fully saturated rings. The van der Waals surface area contributed by atoms with Crippen molar-refractivity contribution in [2.45, 2.75) is 33.0 Å². The SMILES string of the molecule is Cc1nc(OCc2ccc(F)cc2F)c(Cl)c(=O)n1-c1ccc2c(c1)N(C(=O)C(C)(C)O)CN2C(=O)CO. The van der Waals surface area contributed by atoms with Gasteiger partial charge in [0, 0.05) is 11.6 Å². The zero-order chi connectivity index (χ0) is 27.9. The largest absolute Gasteiger partial charge is 0.471 e. The van der Waals surface area contributed by atoms with Gasteiger partial charge in [0.2, 0.25) is 5.88 Å². The summed E-state index contributed by atoms with van der Waals surface area (Å²) in [5.74, 6) is -3.07. The van der Waals surface area contributed by atoms with E-state index in [1.54, 1.807) is 0 Å². The van der Waals surface area contributed by atoms with E-state index >= 15 is 0 Å². The number of ether oxygens (including phenoxy) is 1. The monoisotopic (exact) mass is 548 g/mol. The third-order valence-corrected chi connectivity index (χ3v) is 6.15. The lowest BCUT2D eigenvalue weighted by atomic mass is 10.1. The minimum atomic E-state index is -1.77. The topological polar surface area (TPSA) is 125 Å². The molecule has 0 atom stereocenters. The summed E-state index contributed by atoms with van der Waals surface area (Å²) in [5, 5.41) is 19.2. The Labute approximate surface area is 220 Å². The van der Waals surface area contributed by atoms with Crippen LogP contribution in [0.2, 0.25) is 5.02 Å². The molecule has 1 aromatic heterocycles. The fourth-order valence-corrected chi connectivity index (χ4v) is 4.14. The van der Waals surface area contributed by atoms with Gasteiger partial charge in [0.05, 0.1) is 17.1 Å². The molecule has 4 rings (SSSR count). The van der Waals surface area contributed by atoms with E-state index in [0.717, 1.165) is 15.5 Å². The van der Waals surface area contributed by atoms with Gasteiger partial charge in [-0.05, 0) is 51.1 Å². The van der Waals surface area contributed by atoms with E-state index in [-0.39, 0.29) is 47.6 Å². The zero-order valence-electron chi connectivity index (χ0n) is 20.5. The summed E-state index contributed by atoms with van der Waals surface area (Å²) in [6.07, 6.45) is 0. The van der Waals surface area contributed by atoms with Crippen molar-refractivity contribution in [2.24, 2.45) is 0 Å². The molecule has 0 unspecified atom stereocenters. The van der Waals surface area contributed by atoms with Crippen molar-refractivity contribution in [3.05, 3.63) is 74.8 Å². The summed E-state index contributed by atoms with van der Waals surface area (Å²) >= 11 is 6.24. The second-order valence-corrected chi connectivity index (χ2v) is 9.41. The highest BCUT2D eigenvalue weighted by Gasteiger charge is 2.39. The molecule has 0 aliphatic carbocycles. The minimum Gasteiger partial charge on any atom is -0.471 e. The number of benzene rings is 2. The number of amides is 2. The van der Waals surface area contributed by atoms with Gasteiger partial charge in [0.25, 0.3) is 17.4 Å². The summed E-state index contributed by atoms with van der Waals surface area (Å²) in [7, 11) is 0. The number of aryl methyl sites for hydroxylation is 1. The van der Waals surface area contributed by atoms with Crippen LogP contribution in [0.25, 0.3) is 5.69 Å². The molecule has 2 heterocycles. The van der Waals surface area contributed by atoms with Crippen LogP contribution in [0.1, 0.15) is 25.2 Å². The number of anilines is 2. The number of aromatic nitrogens is 2. The number of hydrogen-bond donors (Lipinski definition) is 2. The summed E-state index contributed by atoms with van der Waals surface area (Å²) in [6.45, 7) is 2.68. The number of carbonyl (C=O) groups excluding carboxylic acids is 2. The third-order valence-electron chi connectivity index (χ3n) is 5.83. The summed E-state index contributed by atoms with van der Waals surface area (Å²) in [6, 6.07) is 7.39. The highest BCUT2D eigenvalue weighted by atomic mass is 35.5. The second kappa shape index (κ2) is 10.1. The fourth-order valence-electron chi connectivity index (χ4n) is 3.96. The van der Waals surface area contributed by atoms with Crippen LogP contribution < -0.4 is 20.1 Å². The molecule has 200 valence electrons. The predicted molar refractivity (Wildman–Crippen MR) is 133 cm³/mol. The van der Waals surface area contributed by atoms with Gasteiger partial charge in [0.15, 0.2) is 5.02 Å². The van der Waals surface area contributed by atoms with E-state index in [1.807, 2.05) is 0 Å². The summed E-state index contributed by atoms with van der Waals surface area (Å²) in [4.78, 5) is 44.9. The van der Waals surface area contributed by atoms with Gasteiger partial charge in [-0.2, -0.15) is 4.98 Å². The first-order valence-electron chi connectivity index (χ1n) is 11.3. The Morgan fingerprint density at radius 1 is 1.13 bits per heavy atom. The van der Waals surface area contributed by atoms with Crippen LogP contribution in [-0.2, 0) is 16.2 Å². The van der Waals surface area contributed by atoms with Crippen LogP contribution in [0.15, 0.2) is 41.2 Å². The molecule has 0 radical (unpaired) electrons. The molecule has 0 spiro atoms. The van der Waals surface area contributed by atoms with Gasteiger partial charge in [-0.1, -0.05) is 11.6 Å². The molecule has 13 heteroatoms. The lowest BCUT2D eigenvalue weighted by molar-refractivity contribution is -0.133. The number of fused-ring (bicyclic) bond motifs is 1.